The lowest BCUT2D eigenvalue weighted by Crippen LogP contribution is -2.36. The normalized spacial score (nSPS) is 14.5. The van der Waals surface area contributed by atoms with E-state index in [1.54, 1.807) is 0 Å². The van der Waals surface area contributed by atoms with Gasteiger partial charge >= 0.3 is 0 Å². The number of benzene rings is 2. The lowest BCUT2D eigenvalue weighted by atomic mass is 10.2. The monoisotopic (exact) mass is 390 g/mol. The predicted molar refractivity (Wildman–Crippen MR) is 102 cm³/mol. The zero-order valence-electron chi connectivity index (χ0n) is 13.9. The van der Waals surface area contributed by atoms with Gasteiger partial charge in [0, 0.05) is 31.0 Å². The lowest BCUT2D eigenvalue weighted by molar-refractivity contribution is 0.122. The van der Waals surface area contributed by atoms with Crippen molar-refractivity contribution in [3.63, 3.8) is 0 Å². The highest BCUT2D eigenvalue weighted by Gasteiger charge is 2.10. The van der Waals surface area contributed by atoms with E-state index in [-0.39, 0.29) is 0 Å². The minimum atomic E-state index is 0.672. The molecule has 1 aliphatic rings. The Morgan fingerprint density at radius 2 is 1.88 bits per heavy atom. The van der Waals surface area contributed by atoms with Gasteiger partial charge in [0.2, 0.25) is 0 Å². The molecule has 0 unspecified atom stereocenters. The molecule has 2 aromatic rings. The smallest absolute Gasteiger partial charge is 0.133 e. The zero-order valence-corrected chi connectivity index (χ0v) is 15.5. The van der Waals surface area contributed by atoms with Crippen LogP contribution in [0.3, 0.4) is 0 Å². The molecule has 0 aliphatic carbocycles. The van der Waals surface area contributed by atoms with Crippen LogP contribution in [0.15, 0.2) is 46.9 Å². The third-order valence-corrected chi connectivity index (χ3v) is 4.66. The number of rotatable bonds is 6. The van der Waals surface area contributed by atoms with Gasteiger partial charge in [0.25, 0.3) is 0 Å². The summed E-state index contributed by atoms with van der Waals surface area (Å²) in [6.45, 7) is 7.00. The summed E-state index contributed by atoms with van der Waals surface area (Å²) in [5.41, 5.74) is 3.59. The third kappa shape index (κ3) is 4.42. The van der Waals surface area contributed by atoms with Crippen LogP contribution in [0.1, 0.15) is 12.5 Å². The van der Waals surface area contributed by atoms with E-state index in [2.05, 4.69) is 62.5 Å². The molecule has 5 heteroatoms. The van der Waals surface area contributed by atoms with Crippen molar-refractivity contribution in [2.45, 2.75) is 13.5 Å². The van der Waals surface area contributed by atoms with Crippen LogP contribution in [0.2, 0.25) is 0 Å². The first-order valence-corrected chi connectivity index (χ1v) is 9.13. The van der Waals surface area contributed by atoms with E-state index in [1.165, 1.54) is 11.3 Å². The Kier molecular flexibility index (Phi) is 5.99. The Labute approximate surface area is 151 Å². The van der Waals surface area contributed by atoms with E-state index in [9.17, 15) is 0 Å². The molecule has 0 radical (unpaired) electrons. The fraction of sp³-hybridized carbons (Fsp3) is 0.368. The van der Waals surface area contributed by atoms with Crippen molar-refractivity contribution in [2.24, 2.45) is 0 Å². The molecule has 0 atom stereocenters. The highest BCUT2D eigenvalue weighted by atomic mass is 79.9. The molecule has 0 spiro atoms. The molecular formula is C19H23BrN2O2. The molecule has 0 aromatic heterocycles. The molecule has 0 saturated carbocycles. The maximum atomic E-state index is 5.54. The number of nitrogens with zero attached hydrogens (tertiary/aromatic N) is 1. The van der Waals surface area contributed by atoms with Crippen molar-refractivity contribution < 1.29 is 9.47 Å². The van der Waals surface area contributed by atoms with Gasteiger partial charge in [-0.2, -0.15) is 0 Å². The number of nitrogens with one attached hydrogen (secondary N) is 1. The van der Waals surface area contributed by atoms with E-state index < -0.39 is 0 Å². The van der Waals surface area contributed by atoms with Crippen molar-refractivity contribution in [2.75, 3.05) is 43.1 Å². The molecular weight excluding hydrogens is 368 g/mol. The van der Waals surface area contributed by atoms with Gasteiger partial charge in [-0.05, 0) is 64.8 Å². The zero-order chi connectivity index (χ0) is 16.8. The molecule has 1 saturated heterocycles. The van der Waals surface area contributed by atoms with Gasteiger partial charge in [0.05, 0.1) is 24.3 Å². The van der Waals surface area contributed by atoms with E-state index in [1.807, 2.05) is 13.0 Å². The fourth-order valence-electron chi connectivity index (χ4n) is 2.74. The number of ether oxygens (including phenoxy) is 2. The third-order valence-electron chi connectivity index (χ3n) is 4.04. The van der Waals surface area contributed by atoms with Crippen LogP contribution >= 0.6 is 15.9 Å². The summed E-state index contributed by atoms with van der Waals surface area (Å²) in [5, 5.41) is 3.46. The second-order valence-electron chi connectivity index (χ2n) is 5.70. The SMILES string of the molecule is CCOc1ccc(CNc2ccc(N3CCOCC3)cc2)cc1Br. The molecule has 0 amide bonds. The molecule has 128 valence electrons. The maximum absolute atomic E-state index is 5.54. The highest BCUT2D eigenvalue weighted by Crippen LogP contribution is 2.26. The Balaban J connectivity index is 1.57. The van der Waals surface area contributed by atoms with Gasteiger partial charge in [-0.3, -0.25) is 0 Å². The summed E-state index contributed by atoms with van der Waals surface area (Å²) in [7, 11) is 0. The van der Waals surface area contributed by atoms with Crippen LogP contribution < -0.4 is 15.0 Å². The summed E-state index contributed by atoms with van der Waals surface area (Å²) < 4.78 is 11.9. The minimum absolute atomic E-state index is 0.672. The molecule has 1 fully saturated rings. The molecule has 1 aliphatic heterocycles. The Morgan fingerprint density at radius 1 is 1.12 bits per heavy atom. The first-order valence-electron chi connectivity index (χ1n) is 8.34. The van der Waals surface area contributed by atoms with Crippen molar-refractivity contribution in [3.8, 4) is 5.75 Å². The van der Waals surface area contributed by atoms with Crippen molar-refractivity contribution in [1.82, 2.24) is 0 Å². The minimum Gasteiger partial charge on any atom is -0.493 e. The molecule has 1 heterocycles. The van der Waals surface area contributed by atoms with Gasteiger partial charge in [-0.25, -0.2) is 0 Å². The molecule has 2 aromatic carbocycles. The summed E-state index contributed by atoms with van der Waals surface area (Å²) in [6.07, 6.45) is 0. The highest BCUT2D eigenvalue weighted by molar-refractivity contribution is 9.10. The second kappa shape index (κ2) is 8.40. The van der Waals surface area contributed by atoms with Gasteiger partial charge < -0.3 is 19.7 Å². The first-order chi connectivity index (χ1) is 11.8. The van der Waals surface area contributed by atoms with E-state index in [0.717, 1.165) is 48.8 Å². The average Bonchev–Trinajstić information content (AvgIpc) is 2.63. The van der Waals surface area contributed by atoms with E-state index >= 15 is 0 Å². The van der Waals surface area contributed by atoms with Crippen LogP contribution in [0, 0.1) is 0 Å². The van der Waals surface area contributed by atoms with Crippen molar-refractivity contribution in [3.05, 3.63) is 52.5 Å². The molecule has 1 N–H and O–H groups in total. The standard InChI is InChI=1S/C19H23BrN2O2/c1-2-24-19-8-3-15(13-18(19)20)14-21-16-4-6-17(7-5-16)22-9-11-23-12-10-22/h3-8,13,21H,2,9-12,14H2,1H3. The maximum Gasteiger partial charge on any atom is 0.133 e. The lowest BCUT2D eigenvalue weighted by Gasteiger charge is -2.28. The van der Waals surface area contributed by atoms with E-state index in [0.29, 0.717) is 6.61 Å². The van der Waals surface area contributed by atoms with Gasteiger partial charge in [0.1, 0.15) is 5.75 Å². The summed E-state index contributed by atoms with van der Waals surface area (Å²) in [5.74, 6) is 0.885. The fourth-order valence-corrected chi connectivity index (χ4v) is 3.28. The predicted octanol–water partition coefficient (Wildman–Crippen LogP) is 4.30. The average molecular weight is 391 g/mol. The van der Waals surface area contributed by atoms with Gasteiger partial charge in [-0.1, -0.05) is 6.07 Å². The number of halogens is 1. The van der Waals surface area contributed by atoms with Crippen LogP contribution in [0.25, 0.3) is 0 Å². The number of anilines is 2. The van der Waals surface area contributed by atoms with Crippen LogP contribution in [-0.2, 0) is 11.3 Å². The van der Waals surface area contributed by atoms with Crippen molar-refractivity contribution in [1.29, 1.82) is 0 Å². The second-order valence-corrected chi connectivity index (χ2v) is 6.55. The molecule has 0 bridgehead atoms. The quantitative estimate of drug-likeness (QED) is 0.797. The molecule has 24 heavy (non-hydrogen) atoms. The Bertz CT molecular complexity index is 655. The van der Waals surface area contributed by atoms with Gasteiger partial charge in [-0.15, -0.1) is 0 Å². The van der Waals surface area contributed by atoms with Gasteiger partial charge in [0.15, 0.2) is 0 Å². The van der Waals surface area contributed by atoms with Crippen LogP contribution in [0.5, 0.6) is 5.75 Å². The topological polar surface area (TPSA) is 33.7 Å². The van der Waals surface area contributed by atoms with Crippen molar-refractivity contribution >= 4 is 27.3 Å². The Hall–Kier alpha value is -1.72. The summed E-state index contributed by atoms with van der Waals surface area (Å²) >= 11 is 3.56. The number of hydrogen-bond acceptors (Lipinski definition) is 4. The number of hydrogen-bond donors (Lipinski definition) is 1. The largest absolute Gasteiger partial charge is 0.493 e. The number of morpholine rings is 1. The molecule has 3 rings (SSSR count). The Morgan fingerprint density at radius 3 is 2.54 bits per heavy atom. The van der Waals surface area contributed by atoms with E-state index in [4.69, 9.17) is 9.47 Å². The molecule has 4 nitrogen and oxygen atoms in total. The summed E-state index contributed by atoms with van der Waals surface area (Å²) in [4.78, 5) is 2.36. The first kappa shape index (κ1) is 17.1. The van der Waals surface area contributed by atoms with Crippen LogP contribution in [-0.4, -0.2) is 32.9 Å². The van der Waals surface area contributed by atoms with Crippen LogP contribution in [0.4, 0.5) is 11.4 Å². The summed E-state index contributed by atoms with van der Waals surface area (Å²) in [6, 6.07) is 14.8.